The number of hydrogen-bond donors (Lipinski definition) is 1. The number of dihydropyridines is 1. The van der Waals surface area contributed by atoms with E-state index >= 15 is 0 Å². The number of carbonyl (C=O) groups is 1. The molecule has 1 N–H and O–H groups in total. The zero-order valence-electron chi connectivity index (χ0n) is 16.8. The molecule has 7 heteroatoms. The number of halogens is 2. The Hall–Kier alpha value is -3.30. The highest BCUT2D eigenvalue weighted by atomic mass is 35.5. The van der Waals surface area contributed by atoms with Crippen LogP contribution in [0.5, 0.6) is 5.75 Å². The van der Waals surface area contributed by atoms with Crippen molar-refractivity contribution < 1.29 is 18.7 Å². The number of methoxy groups -OCH3 is 2. The van der Waals surface area contributed by atoms with Crippen molar-refractivity contribution in [2.24, 2.45) is 0 Å². The zero-order valence-corrected chi connectivity index (χ0v) is 17.5. The maximum Gasteiger partial charge on any atom is 0.335 e. The van der Waals surface area contributed by atoms with Gasteiger partial charge in [-0.1, -0.05) is 29.8 Å². The summed E-state index contributed by atoms with van der Waals surface area (Å²) in [7, 11) is 2.87. The standard InChI is InChI=1S/C23H20ClFN2O3/c1-13-20(23(28)30-4)21(17-10-7-15(25)12-18(17)24)22(26-2)19(27-13)11-14-5-8-16(29-3)9-6-14/h5-10,12,21,27H,11H2,1,3-4H3. The van der Waals surface area contributed by atoms with Crippen LogP contribution in [0.25, 0.3) is 4.85 Å². The first-order valence-corrected chi connectivity index (χ1v) is 9.51. The van der Waals surface area contributed by atoms with Gasteiger partial charge in [-0.2, -0.15) is 0 Å². The molecule has 0 saturated carbocycles. The Balaban J connectivity index is 2.13. The first kappa shape index (κ1) is 21.4. The largest absolute Gasteiger partial charge is 0.497 e. The third-order valence-electron chi connectivity index (χ3n) is 4.95. The second-order valence-corrected chi connectivity index (χ2v) is 7.16. The van der Waals surface area contributed by atoms with Crippen LogP contribution in [0.4, 0.5) is 4.39 Å². The summed E-state index contributed by atoms with van der Waals surface area (Å²) in [5, 5.41) is 3.33. The summed E-state index contributed by atoms with van der Waals surface area (Å²) in [6.45, 7) is 9.56. The monoisotopic (exact) mass is 426 g/mol. The van der Waals surface area contributed by atoms with Crippen molar-refractivity contribution >= 4 is 17.6 Å². The molecule has 1 aliphatic heterocycles. The quantitative estimate of drug-likeness (QED) is 0.540. The van der Waals surface area contributed by atoms with Crippen LogP contribution >= 0.6 is 11.6 Å². The lowest BCUT2D eigenvalue weighted by Crippen LogP contribution is -2.29. The van der Waals surface area contributed by atoms with Crippen molar-refractivity contribution in [2.75, 3.05) is 14.2 Å². The van der Waals surface area contributed by atoms with E-state index < -0.39 is 17.7 Å². The van der Waals surface area contributed by atoms with E-state index in [2.05, 4.69) is 10.2 Å². The molecule has 1 aliphatic rings. The fourth-order valence-corrected chi connectivity index (χ4v) is 3.80. The van der Waals surface area contributed by atoms with Gasteiger partial charge in [0.25, 0.3) is 0 Å². The summed E-state index contributed by atoms with van der Waals surface area (Å²) >= 11 is 6.31. The van der Waals surface area contributed by atoms with Gasteiger partial charge < -0.3 is 14.8 Å². The number of allylic oxidation sites excluding steroid dienone is 3. The minimum absolute atomic E-state index is 0.140. The summed E-state index contributed by atoms with van der Waals surface area (Å²) in [5.74, 6) is -1.10. The number of esters is 1. The van der Waals surface area contributed by atoms with Gasteiger partial charge in [-0.3, -0.25) is 0 Å². The maximum absolute atomic E-state index is 13.6. The highest BCUT2D eigenvalue weighted by Gasteiger charge is 2.36. The summed E-state index contributed by atoms with van der Waals surface area (Å²) < 4.78 is 23.8. The third-order valence-corrected chi connectivity index (χ3v) is 5.28. The van der Waals surface area contributed by atoms with Crippen molar-refractivity contribution in [3.05, 3.63) is 98.5 Å². The minimum atomic E-state index is -0.766. The van der Waals surface area contributed by atoms with Crippen LogP contribution in [0.2, 0.25) is 5.02 Å². The lowest BCUT2D eigenvalue weighted by Gasteiger charge is -2.30. The third kappa shape index (κ3) is 4.17. The molecule has 0 amide bonds. The van der Waals surface area contributed by atoms with Crippen molar-refractivity contribution in [2.45, 2.75) is 19.3 Å². The molecule has 154 valence electrons. The summed E-state index contributed by atoms with van der Waals surface area (Å²) in [6, 6.07) is 11.4. The number of benzene rings is 2. The number of nitrogens with zero attached hydrogens (tertiary/aromatic N) is 1. The molecular weight excluding hydrogens is 407 g/mol. The van der Waals surface area contributed by atoms with Gasteiger partial charge >= 0.3 is 5.97 Å². The highest BCUT2D eigenvalue weighted by Crippen LogP contribution is 2.42. The average molecular weight is 427 g/mol. The van der Waals surface area contributed by atoms with Crippen LogP contribution in [0, 0.1) is 12.4 Å². The molecule has 0 aliphatic carbocycles. The van der Waals surface area contributed by atoms with Gasteiger partial charge in [0.2, 0.25) is 0 Å². The molecule has 0 spiro atoms. The first-order valence-electron chi connectivity index (χ1n) is 9.14. The Morgan fingerprint density at radius 3 is 2.50 bits per heavy atom. The number of rotatable bonds is 5. The van der Waals surface area contributed by atoms with Crippen molar-refractivity contribution in [1.82, 2.24) is 5.32 Å². The molecule has 1 heterocycles. The van der Waals surface area contributed by atoms with E-state index in [0.717, 1.165) is 11.3 Å². The van der Waals surface area contributed by atoms with Crippen molar-refractivity contribution in [3.8, 4) is 5.75 Å². The Morgan fingerprint density at radius 2 is 1.93 bits per heavy atom. The molecular formula is C23H20ClFN2O3. The van der Waals surface area contributed by atoms with Crippen LogP contribution in [0.1, 0.15) is 24.0 Å². The Labute approximate surface area is 179 Å². The molecule has 2 aromatic rings. The number of ether oxygens (including phenoxy) is 2. The number of hydrogen-bond acceptors (Lipinski definition) is 4. The average Bonchev–Trinajstić information content (AvgIpc) is 2.73. The van der Waals surface area contributed by atoms with Crippen LogP contribution in [-0.4, -0.2) is 20.2 Å². The number of carbonyl (C=O) groups excluding carboxylic acids is 1. The van der Waals surface area contributed by atoms with Gasteiger partial charge in [0.15, 0.2) is 5.70 Å². The molecule has 3 rings (SSSR count). The fraction of sp³-hybridized carbons (Fsp3) is 0.217. The second-order valence-electron chi connectivity index (χ2n) is 6.75. The highest BCUT2D eigenvalue weighted by molar-refractivity contribution is 6.31. The van der Waals surface area contributed by atoms with E-state index in [9.17, 15) is 9.18 Å². The van der Waals surface area contributed by atoms with Gasteiger partial charge in [-0.05, 0) is 42.3 Å². The van der Waals surface area contributed by atoms with Crippen LogP contribution in [-0.2, 0) is 16.0 Å². The predicted molar refractivity (Wildman–Crippen MR) is 112 cm³/mol. The van der Waals surface area contributed by atoms with Crippen molar-refractivity contribution in [1.29, 1.82) is 0 Å². The molecule has 5 nitrogen and oxygen atoms in total. The summed E-state index contributed by atoms with van der Waals surface area (Å²) in [4.78, 5) is 16.3. The van der Waals surface area contributed by atoms with Crippen LogP contribution < -0.4 is 10.1 Å². The second kappa shape index (κ2) is 9.02. The zero-order chi connectivity index (χ0) is 21.8. The van der Waals surface area contributed by atoms with E-state index in [0.29, 0.717) is 29.1 Å². The van der Waals surface area contributed by atoms with Crippen molar-refractivity contribution in [3.63, 3.8) is 0 Å². The van der Waals surface area contributed by atoms with Crippen LogP contribution in [0.15, 0.2) is 65.1 Å². The molecule has 0 fully saturated rings. The van der Waals surface area contributed by atoms with E-state index in [-0.39, 0.29) is 10.6 Å². The van der Waals surface area contributed by atoms with Gasteiger partial charge in [0.05, 0.1) is 32.3 Å². The molecule has 0 saturated heterocycles. The molecule has 30 heavy (non-hydrogen) atoms. The lowest BCUT2D eigenvalue weighted by atomic mass is 9.83. The van der Waals surface area contributed by atoms with Gasteiger partial charge in [0.1, 0.15) is 11.6 Å². The summed E-state index contributed by atoms with van der Waals surface area (Å²) in [5.41, 5.74) is 3.21. The molecule has 0 radical (unpaired) electrons. The molecule has 1 unspecified atom stereocenters. The number of nitrogens with one attached hydrogen (secondary N) is 1. The SMILES string of the molecule is [C-]#[N+]C1=C(Cc2ccc(OC)cc2)NC(C)=C(C(=O)OC)C1c1ccc(F)cc1Cl. The Bertz CT molecular complexity index is 1080. The maximum atomic E-state index is 13.6. The Kier molecular flexibility index (Phi) is 6.43. The smallest absolute Gasteiger partial charge is 0.335 e. The molecule has 0 bridgehead atoms. The van der Waals surface area contributed by atoms with E-state index in [4.69, 9.17) is 27.6 Å². The Morgan fingerprint density at radius 1 is 1.23 bits per heavy atom. The topological polar surface area (TPSA) is 51.9 Å². The normalized spacial score (nSPS) is 16.1. The van der Waals surface area contributed by atoms with E-state index in [1.54, 1.807) is 14.0 Å². The van der Waals surface area contributed by atoms with Gasteiger partial charge in [-0.25, -0.2) is 14.0 Å². The predicted octanol–water partition coefficient (Wildman–Crippen LogP) is 5.00. The first-order chi connectivity index (χ1) is 14.4. The molecule has 2 aromatic carbocycles. The van der Waals surface area contributed by atoms with Crippen LogP contribution in [0.3, 0.4) is 0 Å². The fourth-order valence-electron chi connectivity index (χ4n) is 3.52. The molecule has 0 aromatic heterocycles. The van der Waals surface area contributed by atoms with E-state index in [1.165, 1.54) is 25.3 Å². The van der Waals surface area contributed by atoms with Gasteiger partial charge in [-0.15, -0.1) is 0 Å². The molecule has 1 atom stereocenters. The lowest BCUT2D eigenvalue weighted by molar-refractivity contribution is -0.136. The van der Waals surface area contributed by atoms with E-state index in [1.807, 2.05) is 24.3 Å². The summed E-state index contributed by atoms with van der Waals surface area (Å²) in [6.07, 6.45) is 0.433. The minimum Gasteiger partial charge on any atom is -0.497 e. The van der Waals surface area contributed by atoms with Gasteiger partial charge in [0, 0.05) is 22.8 Å².